The van der Waals surface area contributed by atoms with Crippen LogP contribution in [0.4, 0.5) is 0 Å². The number of fused-ring (bicyclic) bond motifs is 1. The van der Waals surface area contributed by atoms with Gasteiger partial charge in [0.2, 0.25) is 5.91 Å². The van der Waals surface area contributed by atoms with Crippen LogP contribution in [0.5, 0.6) is 0 Å². The van der Waals surface area contributed by atoms with E-state index in [0.29, 0.717) is 16.5 Å². The number of Topliss-reactive ketones (excluding diaryl/α,β-unsaturated/α-hetero) is 1. The van der Waals surface area contributed by atoms with Crippen molar-refractivity contribution in [2.45, 2.75) is 38.5 Å². The fourth-order valence-electron chi connectivity index (χ4n) is 4.30. The normalized spacial score (nSPS) is 15.0. The predicted molar refractivity (Wildman–Crippen MR) is 117 cm³/mol. The van der Waals surface area contributed by atoms with Crippen molar-refractivity contribution < 1.29 is 9.59 Å². The first-order valence-corrected chi connectivity index (χ1v) is 10.5. The van der Waals surface area contributed by atoms with Crippen molar-refractivity contribution in [3.8, 4) is 0 Å². The Morgan fingerprint density at radius 3 is 2.55 bits per heavy atom. The van der Waals surface area contributed by atoms with Crippen LogP contribution in [-0.4, -0.2) is 34.7 Å². The molecule has 0 aliphatic carbocycles. The number of halogens is 1. The largest absolute Gasteiger partial charge is 0.360 e. The third-order valence-corrected chi connectivity index (χ3v) is 6.15. The summed E-state index contributed by atoms with van der Waals surface area (Å²) in [7, 11) is 0. The number of hydrogen-bond donors (Lipinski definition) is 1. The maximum absolute atomic E-state index is 12.7. The Bertz CT molecular complexity index is 1030. The summed E-state index contributed by atoms with van der Waals surface area (Å²) in [6.45, 7) is 3.48. The zero-order valence-corrected chi connectivity index (χ0v) is 17.3. The number of rotatable bonds is 5. The van der Waals surface area contributed by atoms with Crippen LogP contribution in [0.15, 0.2) is 48.7 Å². The SMILES string of the molecule is Cc1cc(Cl)cc2c(C(=O)CCC(=O)N3CCC(c4ccccc4)CC3)c[nH]c12. The average Bonchev–Trinajstić information content (AvgIpc) is 3.17. The van der Waals surface area contributed by atoms with Crippen LogP contribution in [0.2, 0.25) is 5.02 Å². The molecule has 0 unspecified atom stereocenters. The molecule has 1 aliphatic rings. The maximum atomic E-state index is 12.7. The molecule has 4 rings (SSSR count). The molecule has 1 fully saturated rings. The molecular weight excluding hydrogens is 384 g/mol. The number of carbonyl (C=O) groups is 2. The molecule has 0 radical (unpaired) electrons. The Kier molecular flexibility index (Phi) is 5.72. The molecule has 0 saturated carbocycles. The second-order valence-corrected chi connectivity index (χ2v) is 8.27. The molecule has 0 atom stereocenters. The second kappa shape index (κ2) is 8.42. The van der Waals surface area contributed by atoms with Crippen LogP contribution in [-0.2, 0) is 4.79 Å². The minimum atomic E-state index is -0.0227. The molecule has 150 valence electrons. The smallest absolute Gasteiger partial charge is 0.223 e. The van der Waals surface area contributed by atoms with Crippen LogP contribution in [0.3, 0.4) is 0 Å². The predicted octanol–water partition coefficient (Wildman–Crippen LogP) is 5.50. The van der Waals surface area contributed by atoms with Gasteiger partial charge in [0.1, 0.15) is 0 Å². The number of aryl methyl sites for hydroxylation is 1. The van der Waals surface area contributed by atoms with Crippen molar-refractivity contribution in [3.05, 3.63) is 70.4 Å². The molecule has 1 aliphatic heterocycles. The van der Waals surface area contributed by atoms with E-state index in [0.717, 1.165) is 42.4 Å². The number of nitrogens with zero attached hydrogens (tertiary/aromatic N) is 1. The molecule has 29 heavy (non-hydrogen) atoms. The third kappa shape index (κ3) is 4.23. The molecule has 0 bridgehead atoms. The van der Waals surface area contributed by atoms with Crippen LogP contribution in [0.25, 0.3) is 10.9 Å². The van der Waals surface area contributed by atoms with E-state index in [1.54, 1.807) is 6.20 Å². The number of amides is 1. The summed E-state index contributed by atoms with van der Waals surface area (Å²) < 4.78 is 0. The van der Waals surface area contributed by atoms with Gasteiger partial charge in [0, 0.05) is 53.6 Å². The Hall–Kier alpha value is -2.59. The van der Waals surface area contributed by atoms with Gasteiger partial charge in [-0.15, -0.1) is 0 Å². The van der Waals surface area contributed by atoms with Gasteiger partial charge in [0.05, 0.1) is 0 Å². The van der Waals surface area contributed by atoms with Gasteiger partial charge in [0.15, 0.2) is 5.78 Å². The molecule has 2 aromatic carbocycles. The molecule has 5 heteroatoms. The monoisotopic (exact) mass is 408 g/mol. The lowest BCUT2D eigenvalue weighted by atomic mass is 9.89. The molecule has 1 amide bonds. The highest BCUT2D eigenvalue weighted by molar-refractivity contribution is 6.31. The van der Waals surface area contributed by atoms with E-state index in [1.807, 2.05) is 30.0 Å². The summed E-state index contributed by atoms with van der Waals surface area (Å²) >= 11 is 6.16. The lowest BCUT2D eigenvalue weighted by Crippen LogP contribution is -2.38. The number of hydrogen-bond acceptors (Lipinski definition) is 2. The zero-order valence-electron chi connectivity index (χ0n) is 16.6. The van der Waals surface area contributed by atoms with E-state index in [4.69, 9.17) is 11.6 Å². The van der Waals surface area contributed by atoms with E-state index in [-0.39, 0.29) is 24.5 Å². The Labute approximate surface area is 175 Å². The summed E-state index contributed by atoms with van der Waals surface area (Å²) in [5.41, 5.74) is 3.89. The van der Waals surface area contributed by atoms with Gasteiger partial charge in [0.25, 0.3) is 0 Å². The van der Waals surface area contributed by atoms with Gasteiger partial charge in [-0.3, -0.25) is 9.59 Å². The van der Waals surface area contributed by atoms with Gasteiger partial charge in [-0.25, -0.2) is 0 Å². The molecule has 2 heterocycles. The fourth-order valence-corrected chi connectivity index (χ4v) is 4.57. The molecule has 1 aromatic heterocycles. The quantitative estimate of drug-likeness (QED) is 0.567. The molecule has 1 saturated heterocycles. The highest BCUT2D eigenvalue weighted by Gasteiger charge is 2.24. The second-order valence-electron chi connectivity index (χ2n) is 7.84. The summed E-state index contributed by atoms with van der Waals surface area (Å²) in [6.07, 6.45) is 4.15. The molecular formula is C24H25ClN2O2. The van der Waals surface area contributed by atoms with E-state index in [2.05, 4.69) is 29.2 Å². The molecule has 0 spiro atoms. The van der Waals surface area contributed by atoms with Crippen LogP contribution in [0.1, 0.15) is 53.1 Å². The van der Waals surface area contributed by atoms with Gasteiger partial charge >= 0.3 is 0 Å². The number of aromatic amines is 1. The van der Waals surface area contributed by atoms with Crippen molar-refractivity contribution in [1.29, 1.82) is 0 Å². The number of likely N-dealkylation sites (tertiary alicyclic amines) is 1. The van der Waals surface area contributed by atoms with Crippen molar-refractivity contribution in [1.82, 2.24) is 9.88 Å². The summed E-state index contributed by atoms with van der Waals surface area (Å²) in [5, 5.41) is 1.44. The molecule has 3 aromatic rings. The maximum Gasteiger partial charge on any atom is 0.223 e. The summed E-state index contributed by atoms with van der Waals surface area (Å²) in [6, 6.07) is 14.2. The Morgan fingerprint density at radius 1 is 1.10 bits per heavy atom. The lowest BCUT2D eigenvalue weighted by molar-refractivity contribution is -0.132. The Balaban J connectivity index is 1.34. The molecule has 4 nitrogen and oxygen atoms in total. The van der Waals surface area contributed by atoms with E-state index < -0.39 is 0 Å². The average molecular weight is 409 g/mol. The first-order chi connectivity index (χ1) is 14.0. The minimum absolute atomic E-state index is 0.0227. The van der Waals surface area contributed by atoms with Crippen molar-refractivity contribution >= 4 is 34.2 Å². The van der Waals surface area contributed by atoms with Gasteiger partial charge in [-0.1, -0.05) is 41.9 Å². The molecule has 1 N–H and O–H groups in total. The topological polar surface area (TPSA) is 53.2 Å². The van der Waals surface area contributed by atoms with Crippen LogP contribution >= 0.6 is 11.6 Å². The van der Waals surface area contributed by atoms with Gasteiger partial charge in [-0.05, 0) is 48.9 Å². The number of carbonyl (C=O) groups excluding carboxylic acids is 2. The summed E-state index contributed by atoms with van der Waals surface area (Å²) in [5.74, 6) is 0.561. The number of benzene rings is 2. The van der Waals surface area contributed by atoms with Crippen molar-refractivity contribution in [2.24, 2.45) is 0 Å². The number of piperidine rings is 1. The number of H-pyrrole nitrogens is 1. The Morgan fingerprint density at radius 2 is 1.83 bits per heavy atom. The van der Waals surface area contributed by atoms with Gasteiger partial charge < -0.3 is 9.88 Å². The first kappa shape index (κ1) is 19.7. The standard InChI is InChI=1S/C24H25ClN2O2/c1-16-13-19(25)14-20-21(15-26-24(16)20)22(28)7-8-23(29)27-11-9-18(10-12-27)17-5-3-2-4-6-17/h2-6,13-15,18,26H,7-12H2,1H3. The van der Waals surface area contributed by atoms with E-state index in [9.17, 15) is 9.59 Å². The van der Waals surface area contributed by atoms with Crippen molar-refractivity contribution in [2.75, 3.05) is 13.1 Å². The summed E-state index contributed by atoms with van der Waals surface area (Å²) in [4.78, 5) is 30.4. The number of aromatic nitrogens is 1. The third-order valence-electron chi connectivity index (χ3n) is 5.94. The van der Waals surface area contributed by atoms with Crippen LogP contribution in [0, 0.1) is 6.92 Å². The lowest BCUT2D eigenvalue weighted by Gasteiger charge is -2.32. The van der Waals surface area contributed by atoms with E-state index in [1.165, 1.54) is 5.56 Å². The number of ketones is 1. The van der Waals surface area contributed by atoms with Gasteiger partial charge in [-0.2, -0.15) is 0 Å². The highest BCUT2D eigenvalue weighted by Crippen LogP contribution is 2.29. The minimum Gasteiger partial charge on any atom is -0.360 e. The zero-order chi connectivity index (χ0) is 20.4. The van der Waals surface area contributed by atoms with Crippen LogP contribution < -0.4 is 0 Å². The fraction of sp³-hybridized carbons (Fsp3) is 0.333. The first-order valence-electron chi connectivity index (χ1n) is 10.2. The number of nitrogens with one attached hydrogen (secondary N) is 1. The van der Waals surface area contributed by atoms with Crippen molar-refractivity contribution in [3.63, 3.8) is 0 Å². The van der Waals surface area contributed by atoms with E-state index >= 15 is 0 Å². The highest BCUT2D eigenvalue weighted by atomic mass is 35.5.